The number of fused-ring (bicyclic) bond motifs is 2. The minimum atomic E-state index is -0.249. The van der Waals surface area contributed by atoms with Crippen molar-refractivity contribution in [2.24, 2.45) is 5.92 Å². The molecule has 1 saturated heterocycles. The highest BCUT2D eigenvalue weighted by Gasteiger charge is 2.53. The summed E-state index contributed by atoms with van der Waals surface area (Å²) in [7, 11) is 0. The second-order valence-electron chi connectivity index (χ2n) is 9.09. The largest absolute Gasteiger partial charge is 0.353 e. The van der Waals surface area contributed by atoms with E-state index in [2.05, 4.69) is 47.9 Å². The normalized spacial score (nSPS) is 25.7. The predicted molar refractivity (Wildman–Crippen MR) is 124 cm³/mol. The van der Waals surface area contributed by atoms with Gasteiger partial charge in [-0.1, -0.05) is 18.7 Å². The number of hydrogen-bond acceptors (Lipinski definition) is 6. The Kier molecular flexibility index (Phi) is 4.84. The van der Waals surface area contributed by atoms with E-state index in [0.717, 1.165) is 40.4 Å². The van der Waals surface area contributed by atoms with Crippen molar-refractivity contribution in [3.8, 4) is 0 Å². The molecule has 0 radical (unpaired) electrons. The van der Waals surface area contributed by atoms with E-state index < -0.39 is 0 Å². The third-order valence-corrected chi connectivity index (χ3v) is 9.27. The Morgan fingerprint density at radius 2 is 2.07 bits per heavy atom. The summed E-state index contributed by atoms with van der Waals surface area (Å²) < 4.78 is 15.7. The van der Waals surface area contributed by atoms with Crippen LogP contribution < -0.4 is 5.32 Å². The lowest BCUT2D eigenvalue weighted by Crippen LogP contribution is -2.49. The van der Waals surface area contributed by atoms with Crippen LogP contribution in [0.3, 0.4) is 0 Å². The average Bonchev–Trinajstić information content (AvgIpc) is 3.36. The minimum Gasteiger partial charge on any atom is -0.353 e. The molecule has 2 aliphatic rings. The second kappa shape index (κ2) is 7.18. The monoisotopic (exact) mass is 442 g/mol. The highest BCUT2D eigenvalue weighted by molar-refractivity contribution is 8.01. The summed E-state index contributed by atoms with van der Waals surface area (Å²) >= 11 is 3.36. The number of hydrogen-bond donors (Lipinski definition) is 1. The zero-order valence-electron chi connectivity index (χ0n) is 17.8. The summed E-state index contributed by atoms with van der Waals surface area (Å²) in [4.78, 5) is 11.6. The number of aromatic nitrogens is 2. The SMILES string of the molecule is CCN1CC[C@@H](C2(C)Cc3c(Nc4cc5ncsc5cc4F)ccnc3S2)C1(C)C. The van der Waals surface area contributed by atoms with Crippen molar-refractivity contribution in [3.63, 3.8) is 0 Å². The number of likely N-dealkylation sites (tertiary alicyclic amines) is 1. The lowest BCUT2D eigenvalue weighted by atomic mass is 9.76. The molecule has 0 aliphatic carbocycles. The van der Waals surface area contributed by atoms with Gasteiger partial charge in [-0.15, -0.1) is 11.3 Å². The van der Waals surface area contributed by atoms with Gasteiger partial charge >= 0.3 is 0 Å². The summed E-state index contributed by atoms with van der Waals surface area (Å²) in [5.74, 6) is 0.321. The standard InChI is InChI=1S/C23H27FN4S2/c1-5-28-9-7-20(22(28,2)3)23(4)12-14-16(6-8-25-21(14)30-23)27-17-11-18-19(10-15(17)24)29-13-26-18/h6,8,10-11,13,20H,5,7,9,12H2,1-4H3,(H,25,27)/t20-,23?/m1/s1. The maximum atomic E-state index is 14.7. The molecule has 158 valence electrons. The van der Waals surface area contributed by atoms with Gasteiger partial charge in [-0.2, -0.15) is 0 Å². The van der Waals surface area contributed by atoms with Gasteiger partial charge in [0.2, 0.25) is 0 Å². The van der Waals surface area contributed by atoms with Gasteiger partial charge in [0.05, 0.1) is 21.4 Å². The fraction of sp³-hybridized carbons (Fsp3) is 0.478. The van der Waals surface area contributed by atoms with E-state index in [1.54, 1.807) is 17.6 Å². The van der Waals surface area contributed by atoms with Gasteiger partial charge in [-0.3, -0.25) is 4.90 Å². The summed E-state index contributed by atoms with van der Waals surface area (Å²) in [6.07, 6.45) is 3.98. The highest BCUT2D eigenvalue weighted by Crippen LogP contribution is 2.56. The second-order valence-corrected chi connectivity index (χ2v) is 11.5. The quantitative estimate of drug-likeness (QED) is 0.529. The lowest BCUT2D eigenvalue weighted by molar-refractivity contribution is 0.128. The number of benzene rings is 1. The third kappa shape index (κ3) is 3.13. The molecule has 0 bridgehead atoms. The van der Waals surface area contributed by atoms with Gasteiger partial charge in [-0.05, 0) is 70.8 Å². The molecule has 2 aromatic heterocycles. The lowest BCUT2D eigenvalue weighted by Gasteiger charge is -2.43. The van der Waals surface area contributed by atoms with Crippen LogP contribution in [-0.2, 0) is 6.42 Å². The number of halogens is 1. The number of thiazole rings is 1. The molecule has 2 aliphatic heterocycles. The maximum Gasteiger partial charge on any atom is 0.148 e. The van der Waals surface area contributed by atoms with Crippen LogP contribution in [0.4, 0.5) is 15.8 Å². The number of nitrogens with zero attached hydrogens (tertiary/aromatic N) is 3. The summed E-state index contributed by atoms with van der Waals surface area (Å²) in [5, 5.41) is 4.42. The van der Waals surface area contributed by atoms with Crippen LogP contribution in [0.2, 0.25) is 0 Å². The van der Waals surface area contributed by atoms with Crippen molar-refractivity contribution < 1.29 is 4.39 Å². The van der Waals surface area contributed by atoms with Crippen LogP contribution in [0.15, 0.2) is 34.9 Å². The maximum absolute atomic E-state index is 14.7. The molecule has 0 amide bonds. The van der Waals surface area contributed by atoms with Crippen LogP contribution in [0.25, 0.3) is 10.2 Å². The molecule has 0 saturated carbocycles. The van der Waals surface area contributed by atoms with Gasteiger partial charge in [0.1, 0.15) is 10.8 Å². The zero-order chi connectivity index (χ0) is 21.1. The average molecular weight is 443 g/mol. The molecular formula is C23H27FN4S2. The van der Waals surface area contributed by atoms with Crippen LogP contribution >= 0.6 is 23.1 Å². The first-order valence-electron chi connectivity index (χ1n) is 10.5. The van der Waals surface area contributed by atoms with Gasteiger partial charge in [0, 0.05) is 27.7 Å². The highest BCUT2D eigenvalue weighted by atomic mass is 32.2. The number of thioether (sulfide) groups is 1. The topological polar surface area (TPSA) is 41.0 Å². The smallest absolute Gasteiger partial charge is 0.148 e. The van der Waals surface area contributed by atoms with Gasteiger partial charge in [0.25, 0.3) is 0 Å². The molecule has 3 aromatic rings. The molecule has 1 N–H and O–H groups in total. The fourth-order valence-electron chi connectivity index (χ4n) is 5.54. The van der Waals surface area contributed by atoms with Crippen molar-refractivity contribution in [3.05, 3.63) is 41.3 Å². The van der Waals surface area contributed by atoms with Crippen LogP contribution in [-0.4, -0.2) is 38.2 Å². The summed E-state index contributed by atoms with van der Waals surface area (Å²) in [6.45, 7) is 11.6. The predicted octanol–water partition coefficient (Wildman–Crippen LogP) is 6.10. The molecule has 1 unspecified atom stereocenters. The third-order valence-electron chi connectivity index (χ3n) is 7.04. The molecule has 4 nitrogen and oxygen atoms in total. The van der Waals surface area contributed by atoms with Crippen LogP contribution in [0, 0.1) is 11.7 Å². The van der Waals surface area contributed by atoms with Crippen molar-refractivity contribution in [1.82, 2.24) is 14.9 Å². The van der Waals surface area contributed by atoms with E-state index in [0.29, 0.717) is 11.6 Å². The number of pyridine rings is 1. The van der Waals surface area contributed by atoms with Gasteiger partial charge in [-0.25, -0.2) is 14.4 Å². The van der Waals surface area contributed by atoms with Gasteiger partial charge < -0.3 is 5.32 Å². The van der Waals surface area contributed by atoms with E-state index >= 15 is 0 Å². The number of nitrogens with one attached hydrogen (secondary N) is 1. The Bertz CT molecular complexity index is 1110. The Morgan fingerprint density at radius 1 is 1.23 bits per heavy atom. The van der Waals surface area contributed by atoms with Crippen LogP contribution in [0.5, 0.6) is 0 Å². The molecule has 2 atom stereocenters. The molecule has 4 heterocycles. The summed E-state index contributed by atoms with van der Waals surface area (Å²) in [5.41, 5.74) is 5.36. The van der Waals surface area contributed by atoms with Crippen molar-refractivity contribution in [2.45, 2.75) is 55.8 Å². The van der Waals surface area contributed by atoms with Crippen molar-refractivity contribution in [1.29, 1.82) is 0 Å². The fourth-order valence-corrected chi connectivity index (χ4v) is 7.85. The zero-order valence-corrected chi connectivity index (χ0v) is 19.5. The Balaban J connectivity index is 1.46. The molecule has 7 heteroatoms. The molecule has 30 heavy (non-hydrogen) atoms. The number of rotatable bonds is 4. The Morgan fingerprint density at radius 3 is 2.83 bits per heavy atom. The van der Waals surface area contributed by atoms with E-state index in [1.165, 1.54) is 23.3 Å². The first-order valence-corrected chi connectivity index (χ1v) is 12.2. The van der Waals surface area contributed by atoms with Crippen LogP contribution in [0.1, 0.15) is 39.7 Å². The Hall–Kier alpha value is -1.70. The molecule has 0 spiro atoms. The summed E-state index contributed by atoms with van der Waals surface area (Å²) in [6, 6.07) is 5.33. The van der Waals surface area contributed by atoms with Crippen molar-refractivity contribution >= 4 is 44.7 Å². The molecular weight excluding hydrogens is 415 g/mol. The van der Waals surface area contributed by atoms with E-state index in [1.807, 2.05) is 24.0 Å². The first kappa shape index (κ1) is 20.2. The minimum absolute atomic E-state index is 0.0813. The van der Waals surface area contributed by atoms with E-state index in [4.69, 9.17) is 0 Å². The van der Waals surface area contributed by atoms with Gasteiger partial charge in [0.15, 0.2) is 0 Å². The number of anilines is 2. The Labute approximate surface area is 185 Å². The van der Waals surface area contributed by atoms with E-state index in [9.17, 15) is 4.39 Å². The first-order chi connectivity index (χ1) is 14.3. The molecule has 5 rings (SSSR count). The molecule has 1 aromatic carbocycles. The molecule has 1 fully saturated rings. The van der Waals surface area contributed by atoms with Crippen molar-refractivity contribution in [2.75, 3.05) is 18.4 Å². The van der Waals surface area contributed by atoms with E-state index in [-0.39, 0.29) is 16.1 Å².